The highest BCUT2D eigenvalue weighted by Crippen LogP contribution is 2.47. The van der Waals surface area contributed by atoms with Crippen molar-refractivity contribution >= 4 is 38.9 Å². The molecule has 1 aromatic carbocycles. The molecule has 182 valence electrons. The second-order valence-electron chi connectivity index (χ2n) is 7.72. The number of thiazole rings is 1. The number of thiophene rings is 1. The van der Waals surface area contributed by atoms with Gasteiger partial charge in [0.15, 0.2) is 16.3 Å². The van der Waals surface area contributed by atoms with Gasteiger partial charge in [0.05, 0.1) is 12.2 Å². The van der Waals surface area contributed by atoms with Crippen LogP contribution in [0.5, 0.6) is 11.5 Å². The van der Waals surface area contributed by atoms with Crippen molar-refractivity contribution in [2.75, 3.05) is 7.05 Å². The maximum absolute atomic E-state index is 13.6. The normalized spacial score (nSPS) is 16.5. The fraction of sp³-hybridized carbons (Fsp3) is 0.227. The summed E-state index contributed by atoms with van der Waals surface area (Å²) in [4.78, 5) is 25.6. The molecule has 1 aliphatic rings. The predicted molar refractivity (Wildman–Crippen MR) is 122 cm³/mol. The lowest BCUT2D eigenvalue weighted by Gasteiger charge is -2.31. The van der Waals surface area contributed by atoms with Gasteiger partial charge in [0.25, 0.3) is 0 Å². The summed E-state index contributed by atoms with van der Waals surface area (Å²) in [7, 11) is 1.61. The van der Waals surface area contributed by atoms with E-state index in [0.29, 0.717) is 6.54 Å². The Bertz CT molecular complexity index is 1480. The molecule has 0 bridgehead atoms. The molecule has 0 spiro atoms. The Labute approximate surface area is 203 Å². The van der Waals surface area contributed by atoms with Gasteiger partial charge in [0.1, 0.15) is 4.83 Å². The molecule has 13 heteroatoms. The van der Waals surface area contributed by atoms with E-state index >= 15 is 0 Å². The van der Waals surface area contributed by atoms with Crippen molar-refractivity contribution < 1.29 is 31.8 Å². The first-order valence-corrected chi connectivity index (χ1v) is 11.8. The van der Waals surface area contributed by atoms with E-state index in [0.717, 1.165) is 32.1 Å². The summed E-state index contributed by atoms with van der Waals surface area (Å²) in [5.74, 6) is -1.08. The van der Waals surface area contributed by atoms with Crippen molar-refractivity contribution in [3.63, 3.8) is 0 Å². The third-order valence-electron chi connectivity index (χ3n) is 5.05. The molecular formula is C22H16F4N4O3S2. The number of fused-ring (bicyclic) bond motifs is 2. The first-order chi connectivity index (χ1) is 16.5. The number of pyridine rings is 1. The lowest BCUT2D eigenvalue weighted by atomic mass is 10.2. The lowest BCUT2D eigenvalue weighted by molar-refractivity contribution is -0.391. The number of rotatable bonds is 3. The molecule has 2 amide bonds. The highest BCUT2D eigenvalue weighted by Gasteiger charge is 2.65. The van der Waals surface area contributed by atoms with E-state index in [-0.39, 0.29) is 10.5 Å². The highest BCUT2D eigenvalue weighted by atomic mass is 32.1. The third-order valence-corrected chi connectivity index (χ3v) is 6.99. The van der Waals surface area contributed by atoms with Gasteiger partial charge >= 0.3 is 18.2 Å². The van der Waals surface area contributed by atoms with Gasteiger partial charge in [-0.25, -0.2) is 9.78 Å². The molecule has 0 saturated heterocycles. The number of amides is 2. The van der Waals surface area contributed by atoms with E-state index in [4.69, 9.17) is 0 Å². The van der Waals surface area contributed by atoms with Gasteiger partial charge in [0, 0.05) is 40.6 Å². The Morgan fingerprint density at radius 2 is 1.86 bits per heavy atom. The second-order valence-corrected chi connectivity index (χ2v) is 10.1. The summed E-state index contributed by atoms with van der Waals surface area (Å²) < 4.78 is 63.9. The van der Waals surface area contributed by atoms with Crippen LogP contribution in [0, 0.1) is 6.92 Å². The van der Waals surface area contributed by atoms with Gasteiger partial charge in [-0.05, 0) is 31.2 Å². The minimum absolute atomic E-state index is 0.270. The summed E-state index contributed by atoms with van der Waals surface area (Å²) in [5, 5.41) is 0.985. The van der Waals surface area contributed by atoms with Crippen LogP contribution >= 0.6 is 22.7 Å². The topological polar surface area (TPSA) is 69.0 Å². The molecular weight excluding hydrogens is 508 g/mol. The molecule has 0 saturated carbocycles. The number of carbonyl (C=O) groups is 1. The van der Waals surface area contributed by atoms with E-state index in [1.807, 2.05) is 18.2 Å². The van der Waals surface area contributed by atoms with E-state index in [9.17, 15) is 22.4 Å². The van der Waals surface area contributed by atoms with E-state index in [1.165, 1.54) is 38.2 Å². The maximum Gasteiger partial charge on any atom is 0.507 e. The first kappa shape index (κ1) is 23.3. The molecule has 0 unspecified atom stereocenters. The summed E-state index contributed by atoms with van der Waals surface area (Å²) >= 11 is 2.68. The standard InChI is InChI=1S/C22H16F4N4O3S2/c1-12-10-30(14-5-6-16-17(9-14)33-22(25,26)21(23,24)32-16)20(34-12)28-19(31)29(2)11-15-8-13-4-3-7-27-18(13)35-15/h3-10H,11H2,1-2H3. The zero-order valence-electron chi connectivity index (χ0n) is 18.2. The monoisotopic (exact) mass is 524 g/mol. The Morgan fingerprint density at radius 1 is 1.11 bits per heavy atom. The Balaban J connectivity index is 1.43. The Morgan fingerprint density at radius 3 is 2.60 bits per heavy atom. The molecule has 4 aromatic rings. The van der Waals surface area contributed by atoms with Crippen LogP contribution in [0.15, 0.2) is 53.8 Å². The van der Waals surface area contributed by atoms with Crippen LogP contribution in [0.25, 0.3) is 15.9 Å². The van der Waals surface area contributed by atoms with Crippen molar-refractivity contribution in [1.82, 2.24) is 14.5 Å². The fourth-order valence-electron chi connectivity index (χ4n) is 3.40. The zero-order chi connectivity index (χ0) is 25.0. The van der Waals surface area contributed by atoms with Crippen LogP contribution in [0.3, 0.4) is 0 Å². The molecule has 7 nitrogen and oxygen atoms in total. The average molecular weight is 525 g/mol. The van der Waals surface area contributed by atoms with Crippen LogP contribution in [0.2, 0.25) is 0 Å². The summed E-state index contributed by atoms with van der Waals surface area (Å²) in [6, 6.07) is 8.83. The maximum atomic E-state index is 13.6. The number of ether oxygens (including phenoxy) is 2. The number of nitrogens with zero attached hydrogens (tertiary/aromatic N) is 4. The van der Waals surface area contributed by atoms with Crippen LogP contribution in [0.4, 0.5) is 22.4 Å². The van der Waals surface area contributed by atoms with Crippen LogP contribution in [0.1, 0.15) is 9.75 Å². The lowest BCUT2D eigenvalue weighted by Crippen LogP contribution is -2.52. The van der Waals surface area contributed by atoms with Crippen LogP contribution in [-0.4, -0.2) is 39.7 Å². The quantitative estimate of drug-likeness (QED) is 0.329. The van der Waals surface area contributed by atoms with Crippen molar-refractivity contribution in [2.45, 2.75) is 25.7 Å². The molecule has 0 atom stereocenters. The highest BCUT2D eigenvalue weighted by molar-refractivity contribution is 7.18. The summed E-state index contributed by atoms with van der Waals surface area (Å²) in [6.07, 6.45) is -6.28. The van der Waals surface area contributed by atoms with Gasteiger partial charge in [-0.1, -0.05) is 6.07 Å². The number of alkyl halides is 4. The van der Waals surface area contributed by atoms with Crippen molar-refractivity contribution in [3.05, 3.63) is 63.3 Å². The number of benzene rings is 1. The van der Waals surface area contributed by atoms with E-state index in [1.54, 1.807) is 26.4 Å². The minimum atomic E-state index is -4.83. The van der Waals surface area contributed by atoms with Crippen LogP contribution in [-0.2, 0) is 6.54 Å². The molecule has 35 heavy (non-hydrogen) atoms. The first-order valence-electron chi connectivity index (χ1n) is 10.1. The largest absolute Gasteiger partial charge is 0.507 e. The minimum Gasteiger partial charge on any atom is -0.421 e. The van der Waals surface area contributed by atoms with Crippen molar-refractivity contribution in [3.8, 4) is 17.2 Å². The van der Waals surface area contributed by atoms with E-state index in [2.05, 4.69) is 19.5 Å². The molecule has 1 aliphatic heterocycles. The number of hydrogen-bond donors (Lipinski definition) is 0. The molecule has 4 heterocycles. The van der Waals surface area contributed by atoms with Gasteiger partial charge in [0.2, 0.25) is 0 Å². The summed E-state index contributed by atoms with van der Waals surface area (Å²) in [6.45, 7) is 2.10. The van der Waals surface area contributed by atoms with Gasteiger partial charge in [-0.15, -0.1) is 22.7 Å². The van der Waals surface area contributed by atoms with Crippen LogP contribution < -0.4 is 14.3 Å². The zero-order valence-corrected chi connectivity index (χ0v) is 19.8. The molecule has 0 radical (unpaired) electrons. The SMILES string of the molecule is Cc1cn(-c2ccc3c(c2)OC(F)(F)C(F)(F)O3)c(=NC(=O)N(C)Cc2cc3cccnc3s2)s1. The van der Waals surface area contributed by atoms with Crippen molar-refractivity contribution in [1.29, 1.82) is 0 Å². The number of hydrogen-bond acceptors (Lipinski definition) is 6. The molecule has 0 aliphatic carbocycles. The van der Waals surface area contributed by atoms with Gasteiger partial charge in [-0.2, -0.15) is 22.6 Å². The van der Waals surface area contributed by atoms with Gasteiger partial charge < -0.3 is 14.4 Å². The molecule has 3 aromatic heterocycles. The second kappa shape index (κ2) is 8.34. The third kappa shape index (κ3) is 4.36. The molecule has 5 rings (SSSR count). The van der Waals surface area contributed by atoms with Crippen molar-refractivity contribution in [2.24, 2.45) is 4.99 Å². The predicted octanol–water partition coefficient (Wildman–Crippen LogP) is 5.57. The number of carbonyl (C=O) groups excluding carboxylic acids is 1. The Kier molecular flexibility index (Phi) is 5.55. The van der Waals surface area contributed by atoms with E-state index < -0.39 is 29.7 Å². The Hall–Kier alpha value is -3.45. The number of urea groups is 1. The number of aromatic nitrogens is 2. The fourth-order valence-corrected chi connectivity index (χ4v) is 5.27. The number of aryl methyl sites for hydroxylation is 1. The summed E-state index contributed by atoms with van der Waals surface area (Å²) in [5.41, 5.74) is 0.280. The van der Waals surface area contributed by atoms with Gasteiger partial charge in [-0.3, -0.25) is 4.57 Å². The average Bonchev–Trinajstić information content (AvgIpc) is 3.36. The molecule has 0 N–H and O–H groups in total. The number of halogens is 4. The smallest absolute Gasteiger partial charge is 0.421 e. The molecule has 0 fully saturated rings.